The average molecular weight is 222 g/mol. The molecule has 1 N–H and O–H groups in total. The highest BCUT2D eigenvalue weighted by molar-refractivity contribution is 6.18. The first kappa shape index (κ1) is 13.7. The number of esters is 1. The number of nitrogens with one attached hydrogen (secondary N) is 1. The minimum Gasteiger partial charge on any atom is -0.465 e. The minimum absolute atomic E-state index is 0.175. The lowest BCUT2D eigenvalue weighted by atomic mass is 10.0. The molecule has 4 heteroatoms. The second kappa shape index (κ2) is 8.06. The van der Waals surface area contributed by atoms with Gasteiger partial charge in [-0.05, 0) is 19.3 Å². The SMILES string of the molecule is CCOC(=O)C(CC(C)C)NCCCl. The van der Waals surface area contributed by atoms with Gasteiger partial charge in [0.1, 0.15) is 6.04 Å². The molecule has 0 aromatic rings. The van der Waals surface area contributed by atoms with E-state index in [2.05, 4.69) is 19.2 Å². The first-order valence-corrected chi connectivity index (χ1v) is 5.61. The summed E-state index contributed by atoms with van der Waals surface area (Å²) in [5.74, 6) is 0.798. The van der Waals surface area contributed by atoms with E-state index in [1.165, 1.54) is 0 Å². The quantitative estimate of drug-likeness (QED) is 0.526. The molecule has 3 nitrogen and oxygen atoms in total. The predicted octanol–water partition coefficient (Wildman–Crippen LogP) is 1.79. The number of alkyl halides is 1. The highest BCUT2D eigenvalue weighted by atomic mass is 35.5. The van der Waals surface area contributed by atoms with Crippen molar-refractivity contribution in [3.63, 3.8) is 0 Å². The Kier molecular flexibility index (Phi) is 7.90. The molecule has 0 radical (unpaired) electrons. The van der Waals surface area contributed by atoms with Crippen molar-refractivity contribution in [1.82, 2.24) is 5.32 Å². The second-order valence-corrected chi connectivity index (χ2v) is 3.96. The summed E-state index contributed by atoms with van der Waals surface area (Å²) >= 11 is 5.55. The van der Waals surface area contributed by atoms with E-state index >= 15 is 0 Å². The van der Waals surface area contributed by atoms with E-state index in [0.717, 1.165) is 6.42 Å². The van der Waals surface area contributed by atoms with Crippen molar-refractivity contribution in [2.75, 3.05) is 19.0 Å². The summed E-state index contributed by atoms with van der Waals surface area (Å²) < 4.78 is 4.96. The van der Waals surface area contributed by atoms with Crippen LogP contribution in [0.3, 0.4) is 0 Å². The number of carbonyl (C=O) groups is 1. The van der Waals surface area contributed by atoms with E-state index in [-0.39, 0.29) is 12.0 Å². The van der Waals surface area contributed by atoms with Gasteiger partial charge in [0.05, 0.1) is 6.61 Å². The van der Waals surface area contributed by atoms with Gasteiger partial charge in [-0.15, -0.1) is 11.6 Å². The van der Waals surface area contributed by atoms with Crippen molar-refractivity contribution < 1.29 is 9.53 Å². The fraction of sp³-hybridized carbons (Fsp3) is 0.900. The molecule has 0 aromatic heterocycles. The third kappa shape index (κ3) is 6.22. The highest BCUT2D eigenvalue weighted by Crippen LogP contribution is 2.06. The summed E-state index contributed by atoms with van der Waals surface area (Å²) in [5, 5.41) is 3.08. The van der Waals surface area contributed by atoms with Crippen LogP contribution in [0, 0.1) is 5.92 Å². The van der Waals surface area contributed by atoms with Crippen molar-refractivity contribution >= 4 is 17.6 Å². The number of carbonyl (C=O) groups excluding carboxylic acids is 1. The van der Waals surface area contributed by atoms with Crippen LogP contribution in [0.2, 0.25) is 0 Å². The second-order valence-electron chi connectivity index (χ2n) is 3.58. The summed E-state index contributed by atoms with van der Waals surface area (Å²) in [4.78, 5) is 11.5. The van der Waals surface area contributed by atoms with E-state index < -0.39 is 0 Å². The Morgan fingerprint density at radius 3 is 2.57 bits per heavy atom. The van der Waals surface area contributed by atoms with Gasteiger partial charge in [0.2, 0.25) is 0 Å². The van der Waals surface area contributed by atoms with Crippen LogP contribution in [0.25, 0.3) is 0 Å². The van der Waals surface area contributed by atoms with Gasteiger partial charge < -0.3 is 10.1 Å². The van der Waals surface area contributed by atoms with E-state index in [1.54, 1.807) is 0 Å². The van der Waals surface area contributed by atoms with E-state index in [1.807, 2.05) is 6.92 Å². The molecule has 0 aromatic carbocycles. The Balaban J connectivity index is 4.01. The standard InChI is InChI=1S/C10H20ClNO2/c1-4-14-10(13)9(7-8(2)3)12-6-5-11/h8-9,12H,4-7H2,1-3H3. The third-order valence-corrected chi connectivity index (χ3v) is 1.95. The molecule has 0 spiro atoms. The number of rotatable bonds is 7. The van der Waals surface area contributed by atoms with Crippen LogP contribution in [-0.4, -0.2) is 31.0 Å². The normalized spacial score (nSPS) is 12.9. The minimum atomic E-state index is -0.214. The Labute approximate surface area is 91.2 Å². The number of halogens is 1. The zero-order valence-electron chi connectivity index (χ0n) is 9.18. The molecular formula is C10H20ClNO2. The summed E-state index contributed by atoms with van der Waals surface area (Å²) in [6.45, 7) is 7.03. The Morgan fingerprint density at radius 1 is 1.50 bits per heavy atom. The van der Waals surface area contributed by atoms with Crippen LogP contribution in [0.1, 0.15) is 27.2 Å². The van der Waals surface area contributed by atoms with Gasteiger partial charge in [-0.1, -0.05) is 13.8 Å². The number of hydrogen-bond donors (Lipinski definition) is 1. The van der Waals surface area contributed by atoms with Gasteiger partial charge in [0.25, 0.3) is 0 Å². The molecule has 14 heavy (non-hydrogen) atoms. The molecule has 0 heterocycles. The molecule has 0 aliphatic heterocycles. The maximum atomic E-state index is 11.5. The molecular weight excluding hydrogens is 202 g/mol. The maximum Gasteiger partial charge on any atom is 0.323 e. The molecule has 0 aliphatic carbocycles. The number of hydrogen-bond acceptors (Lipinski definition) is 3. The molecule has 0 fully saturated rings. The lowest BCUT2D eigenvalue weighted by Gasteiger charge is -2.18. The Bertz CT molecular complexity index is 162. The molecule has 1 unspecified atom stereocenters. The first-order chi connectivity index (χ1) is 6.61. The lowest BCUT2D eigenvalue weighted by molar-refractivity contribution is -0.146. The van der Waals surface area contributed by atoms with E-state index in [9.17, 15) is 4.79 Å². The molecule has 0 rings (SSSR count). The van der Waals surface area contributed by atoms with Gasteiger partial charge in [-0.25, -0.2) is 0 Å². The van der Waals surface area contributed by atoms with Crippen LogP contribution in [0.15, 0.2) is 0 Å². The van der Waals surface area contributed by atoms with Crippen LogP contribution < -0.4 is 5.32 Å². The van der Waals surface area contributed by atoms with Gasteiger partial charge in [-0.3, -0.25) is 4.79 Å². The Hall–Kier alpha value is -0.280. The smallest absolute Gasteiger partial charge is 0.323 e. The van der Waals surface area contributed by atoms with E-state index in [4.69, 9.17) is 16.3 Å². The van der Waals surface area contributed by atoms with E-state index in [0.29, 0.717) is 24.9 Å². The summed E-state index contributed by atoms with van der Waals surface area (Å²) in [7, 11) is 0. The van der Waals surface area contributed by atoms with Gasteiger partial charge >= 0.3 is 5.97 Å². The lowest BCUT2D eigenvalue weighted by Crippen LogP contribution is -2.40. The predicted molar refractivity (Wildman–Crippen MR) is 58.6 cm³/mol. The fourth-order valence-electron chi connectivity index (χ4n) is 1.21. The molecule has 0 bridgehead atoms. The molecule has 0 saturated heterocycles. The van der Waals surface area contributed by atoms with Crippen molar-refractivity contribution in [1.29, 1.82) is 0 Å². The zero-order valence-corrected chi connectivity index (χ0v) is 9.93. The fourth-order valence-corrected chi connectivity index (χ4v) is 1.32. The van der Waals surface area contributed by atoms with Crippen molar-refractivity contribution in [2.24, 2.45) is 5.92 Å². The number of ether oxygens (including phenoxy) is 1. The van der Waals surface area contributed by atoms with Crippen molar-refractivity contribution in [3.05, 3.63) is 0 Å². The summed E-state index contributed by atoms with van der Waals surface area (Å²) in [6.07, 6.45) is 0.787. The van der Waals surface area contributed by atoms with Crippen LogP contribution >= 0.6 is 11.6 Å². The van der Waals surface area contributed by atoms with Crippen LogP contribution in [-0.2, 0) is 9.53 Å². The molecule has 84 valence electrons. The van der Waals surface area contributed by atoms with Crippen molar-refractivity contribution in [2.45, 2.75) is 33.2 Å². The van der Waals surface area contributed by atoms with Gasteiger partial charge in [-0.2, -0.15) is 0 Å². The van der Waals surface area contributed by atoms with Crippen LogP contribution in [0.4, 0.5) is 0 Å². The highest BCUT2D eigenvalue weighted by Gasteiger charge is 2.19. The monoisotopic (exact) mass is 221 g/mol. The maximum absolute atomic E-state index is 11.5. The molecule has 0 aliphatic rings. The first-order valence-electron chi connectivity index (χ1n) is 5.07. The molecule has 0 amide bonds. The van der Waals surface area contributed by atoms with Gasteiger partial charge in [0, 0.05) is 12.4 Å². The molecule has 0 saturated carbocycles. The summed E-state index contributed by atoms with van der Waals surface area (Å²) in [6, 6.07) is -0.214. The molecule has 1 atom stereocenters. The Morgan fingerprint density at radius 2 is 2.14 bits per heavy atom. The topological polar surface area (TPSA) is 38.3 Å². The van der Waals surface area contributed by atoms with Gasteiger partial charge in [0.15, 0.2) is 0 Å². The average Bonchev–Trinajstić information content (AvgIpc) is 2.12. The third-order valence-electron chi connectivity index (χ3n) is 1.76. The largest absolute Gasteiger partial charge is 0.465 e. The van der Waals surface area contributed by atoms with Crippen molar-refractivity contribution in [3.8, 4) is 0 Å². The summed E-state index contributed by atoms with van der Waals surface area (Å²) in [5.41, 5.74) is 0. The van der Waals surface area contributed by atoms with Crippen LogP contribution in [0.5, 0.6) is 0 Å². The zero-order chi connectivity index (χ0) is 11.0.